The number of hydrogen-bond donors (Lipinski definition) is 0. The average Bonchev–Trinajstić information content (AvgIpc) is 2.70. The van der Waals surface area contributed by atoms with Crippen molar-refractivity contribution in [3.05, 3.63) is 0 Å². The van der Waals surface area contributed by atoms with Gasteiger partial charge in [0.2, 0.25) is 5.91 Å². The first kappa shape index (κ1) is 15.5. The minimum atomic E-state index is -3.04. The van der Waals surface area contributed by atoms with E-state index >= 15 is 0 Å². The molecule has 0 heterocycles. The molecule has 0 radical (unpaired) electrons. The molecule has 1 saturated carbocycles. The Morgan fingerprint density at radius 2 is 1.78 bits per heavy atom. The molecular weight excluding hydrogens is 250 g/mol. The van der Waals surface area contributed by atoms with Gasteiger partial charge in [-0.15, -0.1) is 0 Å². The molecule has 0 aliphatic heterocycles. The smallest absolute Gasteiger partial charge is 0.226 e. The van der Waals surface area contributed by atoms with Crippen LogP contribution in [0.1, 0.15) is 41.0 Å². The lowest BCUT2D eigenvalue weighted by atomic mass is 10.0. The SMILES string of the molecule is CC1(C)C[C@H]1C(=O)N(CCS(C)(=O)=O)C(C)(C)C. The summed E-state index contributed by atoms with van der Waals surface area (Å²) in [5.74, 6) is 0.177. The molecule has 18 heavy (non-hydrogen) atoms. The number of sulfone groups is 1. The summed E-state index contributed by atoms with van der Waals surface area (Å²) >= 11 is 0. The Hall–Kier alpha value is -0.580. The standard InChI is InChI=1S/C13H25NO3S/c1-12(2,3)14(7-8-18(6,16)17)11(15)10-9-13(10,4)5/h10H,7-9H2,1-6H3/t10-/m0/s1. The second kappa shape index (κ2) is 4.51. The Bertz CT molecular complexity index is 432. The summed E-state index contributed by atoms with van der Waals surface area (Å²) in [6, 6.07) is 0. The van der Waals surface area contributed by atoms with E-state index in [0.29, 0.717) is 0 Å². The second-order valence-electron chi connectivity index (χ2n) is 7.04. The summed E-state index contributed by atoms with van der Waals surface area (Å²) in [6.45, 7) is 10.3. The van der Waals surface area contributed by atoms with Crippen molar-refractivity contribution < 1.29 is 13.2 Å². The van der Waals surface area contributed by atoms with Crippen LogP contribution in [0, 0.1) is 11.3 Å². The van der Waals surface area contributed by atoms with Gasteiger partial charge in [0.25, 0.3) is 0 Å². The van der Waals surface area contributed by atoms with Gasteiger partial charge in [-0.05, 0) is 32.6 Å². The molecule has 1 amide bonds. The van der Waals surface area contributed by atoms with E-state index in [4.69, 9.17) is 0 Å². The first-order valence-electron chi connectivity index (χ1n) is 6.34. The molecule has 0 aromatic heterocycles. The van der Waals surface area contributed by atoms with E-state index in [1.807, 2.05) is 20.8 Å². The topological polar surface area (TPSA) is 54.5 Å². The number of rotatable bonds is 4. The van der Waals surface area contributed by atoms with Gasteiger partial charge in [-0.3, -0.25) is 4.79 Å². The lowest BCUT2D eigenvalue weighted by molar-refractivity contribution is -0.137. The van der Waals surface area contributed by atoms with Crippen LogP contribution in [0.5, 0.6) is 0 Å². The number of hydrogen-bond acceptors (Lipinski definition) is 3. The monoisotopic (exact) mass is 275 g/mol. The van der Waals surface area contributed by atoms with E-state index in [1.54, 1.807) is 4.90 Å². The van der Waals surface area contributed by atoms with E-state index in [2.05, 4.69) is 13.8 Å². The first-order valence-corrected chi connectivity index (χ1v) is 8.40. The van der Waals surface area contributed by atoms with E-state index in [0.717, 1.165) is 6.42 Å². The minimum absolute atomic E-state index is 0.0309. The predicted octanol–water partition coefficient (Wildman–Crippen LogP) is 1.70. The minimum Gasteiger partial charge on any atom is -0.337 e. The quantitative estimate of drug-likeness (QED) is 0.785. The highest BCUT2D eigenvalue weighted by atomic mass is 32.2. The second-order valence-corrected chi connectivity index (χ2v) is 9.30. The number of carbonyl (C=O) groups excluding carboxylic acids is 1. The maximum absolute atomic E-state index is 12.4. The van der Waals surface area contributed by atoms with Gasteiger partial charge in [0, 0.05) is 24.3 Å². The molecule has 0 spiro atoms. The fourth-order valence-electron chi connectivity index (χ4n) is 2.11. The summed E-state index contributed by atoms with van der Waals surface area (Å²) in [6.07, 6.45) is 2.11. The third-order valence-electron chi connectivity index (χ3n) is 3.57. The summed E-state index contributed by atoms with van der Waals surface area (Å²) in [7, 11) is -3.04. The molecule has 0 saturated heterocycles. The highest BCUT2D eigenvalue weighted by Gasteiger charge is 2.53. The van der Waals surface area contributed by atoms with Crippen molar-refractivity contribution in [2.24, 2.45) is 11.3 Å². The molecule has 0 unspecified atom stereocenters. The molecule has 0 bridgehead atoms. The van der Waals surface area contributed by atoms with Gasteiger partial charge in [-0.2, -0.15) is 0 Å². The van der Waals surface area contributed by atoms with E-state index < -0.39 is 9.84 Å². The molecule has 4 nitrogen and oxygen atoms in total. The van der Waals surface area contributed by atoms with Gasteiger partial charge in [0.15, 0.2) is 0 Å². The van der Waals surface area contributed by atoms with Gasteiger partial charge < -0.3 is 4.90 Å². The predicted molar refractivity (Wildman–Crippen MR) is 73.1 cm³/mol. The molecule has 1 aliphatic carbocycles. The molecule has 1 rings (SSSR count). The Morgan fingerprint density at radius 1 is 1.33 bits per heavy atom. The third-order valence-corrected chi connectivity index (χ3v) is 4.50. The third kappa shape index (κ3) is 3.97. The van der Waals surface area contributed by atoms with Crippen molar-refractivity contribution in [1.82, 2.24) is 4.90 Å². The number of amides is 1. The van der Waals surface area contributed by atoms with Crippen molar-refractivity contribution in [1.29, 1.82) is 0 Å². The largest absolute Gasteiger partial charge is 0.337 e. The van der Waals surface area contributed by atoms with Crippen molar-refractivity contribution >= 4 is 15.7 Å². The number of carbonyl (C=O) groups is 1. The van der Waals surface area contributed by atoms with Gasteiger partial charge in [-0.25, -0.2) is 8.42 Å². The van der Waals surface area contributed by atoms with Crippen LogP contribution in [0.15, 0.2) is 0 Å². The lowest BCUT2D eigenvalue weighted by Crippen LogP contribution is -2.48. The summed E-state index contributed by atoms with van der Waals surface area (Å²) in [5, 5.41) is 0. The summed E-state index contributed by atoms with van der Waals surface area (Å²) < 4.78 is 22.5. The Morgan fingerprint density at radius 3 is 2.06 bits per heavy atom. The molecule has 1 atom stereocenters. The van der Waals surface area contributed by atoms with Crippen molar-refractivity contribution in [3.8, 4) is 0 Å². The first-order chi connectivity index (χ1) is 7.84. The van der Waals surface area contributed by atoms with E-state index in [1.165, 1.54) is 6.26 Å². The van der Waals surface area contributed by atoms with Crippen LogP contribution in [0.4, 0.5) is 0 Å². The van der Waals surface area contributed by atoms with Crippen LogP contribution in [0.25, 0.3) is 0 Å². The highest BCUT2D eigenvalue weighted by molar-refractivity contribution is 7.90. The normalized spacial score (nSPS) is 22.7. The lowest BCUT2D eigenvalue weighted by Gasteiger charge is -2.36. The fraction of sp³-hybridized carbons (Fsp3) is 0.923. The molecule has 0 aromatic carbocycles. The average molecular weight is 275 g/mol. The highest BCUT2D eigenvalue weighted by Crippen LogP contribution is 2.52. The van der Waals surface area contributed by atoms with Crippen LogP contribution in [-0.2, 0) is 14.6 Å². The maximum atomic E-state index is 12.4. The van der Waals surface area contributed by atoms with Gasteiger partial charge in [0.1, 0.15) is 9.84 Å². The van der Waals surface area contributed by atoms with Gasteiger partial charge in [0.05, 0.1) is 5.75 Å². The van der Waals surface area contributed by atoms with Crippen molar-refractivity contribution in [2.75, 3.05) is 18.6 Å². The Balaban J connectivity index is 2.78. The summed E-state index contributed by atoms with van der Waals surface area (Å²) in [5.41, 5.74) is -0.258. The summed E-state index contributed by atoms with van der Waals surface area (Å²) in [4.78, 5) is 14.1. The van der Waals surface area contributed by atoms with Crippen LogP contribution >= 0.6 is 0 Å². The number of nitrogens with zero attached hydrogens (tertiary/aromatic N) is 1. The Kier molecular flexibility index (Phi) is 3.88. The van der Waals surface area contributed by atoms with Crippen molar-refractivity contribution in [2.45, 2.75) is 46.6 Å². The molecule has 0 aromatic rings. The fourth-order valence-corrected chi connectivity index (χ4v) is 2.62. The van der Waals surface area contributed by atoms with Crippen LogP contribution in [0.3, 0.4) is 0 Å². The zero-order chi connectivity index (χ0) is 14.4. The molecule has 5 heteroatoms. The Labute approximate surface area is 111 Å². The van der Waals surface area contributed by atoms with Crippen LogP contribution in [-0.4, -0.2) is 43.3 Å². The van der Waals surface area contributed by atoms with Crippen molar-refractivity contribution in [3.63, 3.8) is 0 Å². The molecular formula is C13H25NO3S. The van der Waals surface area contributed by atoms with Gasteiger partial charge in [-0.1, -0.05) is 13.8 Å². The molecule has 1 aliphatic rings. The zero-order valence-corrected chi connectivity index (χ0v) is 13.1. The van der Waals surface area contributed by atoms with E-state index in [9.17, 15) is 13.2 Å². The van der Waals surface area contributed by atoms with E-state index in [-0.39, 0.29) is 35.1 Å². The molecule has 106 valence electrons. The zero-order valence-electron chi connectivity index (χ0n) is 12.3. The van der Waals surface area contributed by atoms with Gasteiger partial charge >= 0.3 is 0 Å². The molecule has 1 fully saturated rings. The van der Waals surface area contributed by atoms with Crippen LogP contribution in [0.2, 0.25) is 0 Å². The van der Waals surface area contributed by atoms with Crippen LogP contribution < -0.4 is 0 Å². The maximum Gasteiger partial charge on any atom is 0.226 e. The molecule has 0 N–H and O–H groups in total.